The highest BCUT2D eigenvalue weighted by molar-refractivity contribution is 5.81. The summed E-state index contributed by atoms with van der Waals surface area (Å²) in [7, 11) is 0. The molecule has 0 spiro atoms. The summed E-state index contributed by atoms with van der Waals surface area (Å²) in [4.78, 5) is 30.6. The van der Waals surface area contributed by atoms with Crippen LogP contribution in [0.25, 0.3) is 0 Å². The molecule has 3 rings (SSSR count). The number of nitrogens with one attached hydrogen (secondary N) is 1. The largest absolute Gasteiger partial charge is 0.348 e. The Morgan fingerprint density at radius 2 is 2.17 bits per heavy atom. The van der Waals surface area contributed by atoms with Gasteiger partial charge in [0.05, 0.1) is 11.7 Å². The van der Waals surface area contributed by atoms with Crippen LogP contribution in [0.5, 0.6) is 0 Å². The van der Waals surface area contributed by atoms with Crippen molar-refractivity contribution in [3.8, 4) is 0 Å². The zero-order chi connectivity index (χ0) is 16.4. The molecule has 0 aromatic carbocycles. The molecule has 1 aliphatic carbocycles. The zero-order valence-corrected chi connectivity index (χ0v) is 13.9. The molecule has 1 saturated heterocycles. The van der Waals surface area contributed by atoms with E-state index in [2.05, 4.69) is 17.2 Å². The fourth-order valence-electron chi connectivity index (χ4n) is 3.60. The van der Waals surface area contributed by atoms with Gasteiger partial charge < -0.3 is 10.2 Å². The van der Waals surface area contributed by atoms with Gasteiger partial charge in [0.15, 0.2) is 0 Å². The maximum atomic E-state index is 12.5. The van der Waals surface area contributed by atoms with E-state index < -0.39 is 0 Å². The molecule has 124 valence electrons. The fourth-order valence-corrected chi connectivity index (χ4v) is 3.60. The van der Waals surface area contributed by atoms with E-state index in [0.717, 1.165) is 31.5 Å². The Hall–Kier alpha value is -1.91. The third-order valence-corrected chi connectivity index (χ3v) is 5.03. The molecule has 2 amide bonds. The molecule has 1 saturated carbocycles. The Bertz CT molecular complexity index is 575. The van der Waals surface area contributed by atoms with Crippen molar-refractivity contribution in [3.63, 3.8) is 0 Å². The summed E-state index contributed by atoms with van der Waals surface area (Å²) in [5, 5.41) is 3.04. The fraction of sp³-hybridized carbons (Fsp3) is 0.611. The van der Waals surface area contributed by atoms with Crippen molar-refractivity contribution < 1.29 is 9.59 Å². The minimum absolute atomic E-state index is 0.0556. The van der Waals surface area contributed by atoms with Crippen molar-refractivity contribution in [2.75, 3.05) is 13.1 Å². The Kier molecular flexibility index (Phi) is 4.64. The van der Waals surface area contributed by atoms with Crippen LogP contribution in [0.2, 0.25) is 0 Å². The van der Waals surface area contributed by atoms with Gasteiger partial charge in [0.1, 0.15) is 0 Å². The first-order valence-corrected chi connectivity index (χ1v) is 8.53. The maximum absolute atomic E-state index is 12.5. The van der Waals surface area contributed by atoms with E-state index in [9.17, 15) is 9.59 Å². The van der Waals surface area contributed by atoms with Crippen LogP contribution in [0.1, 0.15) is 44.8 Å². The minimum atomic E-state index is -0.124. The number of aromatic nitrogens is 1. The van der Waals surface area contributed by atoms with E-state index in [1.807, 2.05) is 23.1 Å². The van der Waals surface area contributed by atoms with Crippen molar-refractivity contribution in [3.05, 3.63) is 30.1 Å². The number of piperidine rings is 1. The molecule has 0 bridgehead atoms. The number of nitrogens with zero attached hydrogens (tertiary/aromatic N) is 2. The number of pyridine rings is 1. The van der Waals surface area contributed by atoms with Crippen LogP contribution < -0.4 is 5.32 Å². The molecule has 2 aliphatic rings. The number of likely N-dealkylation sites (tertiary alicyclic amines) is 1. The molecule has 0 radical (unpaired) electrons. The van der Waals surface area contributed by atoms with Gasteiger partial charge in [-0.2, -0.15) is 0 Å². The summed E-state index contributed by atoms with van der Waals surface area (Å²) in [6.45, 7) is 5.22. The van der Waals surface area contributed by atoms with Gasteiger partial charge in [-0.3, -0.25) is 14.6 Å². The molecule has 5 nitrogen and oxygen atoms in total. The van der Waals surface area contributed by atoms with Crippen LogP contribution >= 0.6 is 0 Å². The number of carbonyl (C=O) groups excluding carboxylic acids is 2. The standard InChI is InChI=1S/C18H25N3O2/c1-12-10-15(12)18(23)21-9-5-6-14(11-21)17(20-13(2)22)16-7-3-4-8-19-16/h3-4,7-8,12,14-15,17H,5-6,9-11H2,1-2H3,(H,20,22)/t12-,14+,15+,17-/m0/s1. The molecule has 0 unspecified atom stereocenters. The van der Waals surface area contributed by atoms with Crippen LogP contribution in [-0.4, -0.2) is 34.8 Å². The molecule has 2 fully saturated rings. The number of amides is 2. The predicted octanol–water partition coefficient (Wildman–Crippen LogP) is 2.15. The van der Waals surface area contributed by atoms with E-state index in [1.165, 1.54) is 6.92 Å². The highest BCUT2D eigenvalue weighted by Gasteiger charge is 2.43. The lowest BCUT2D eigenvalue weighted by Gasteiger charge is -2.37. The van der Waals surface area contributed by atoms with E-state index in [4.69, 9.17) is 0 Å². The normalized spacial score (nSPS) is 28.1. The average Bonchev–Trinajstić information content (AvgIpc) is 3.29. The van der Waals surface area contributed by atoms with Gasteiger partial charge in [-0.1, -0.05) is 13.0 Å². The van der Waals surface area contributed by atoms with Gasteiger partial charge in [-0.05, 0) is 37.3 Å². The topological polar surface area (TPSA) is 62.3 Å². The van der Waals surface area contributed by atoms with Crippen molar-refractivity contribution >= 4 is 11.8 Å². The van der Waals surface area contributed by atoms with Crippen LogP contribution in [0.15, 0.2) is 24.4 Å². The summed E-state index contributed by atoms with van der Waals surface area (Å²) in [6.07, 6.45) is 4.77. The number of hydrogen-bond acceptors (Lipinski definition) is 3. The highest BCUT2D eigenvalue weighted by Crippen LogP contribution is 2.40. The zero-order valence-electron chi connectivity index (χ0n) is 13.9. The smallest absolute Gasteiger partial charge is 0.225 e. The van der Waals surface area contributed by atoms with Crippen LogP contribution in [0.3, 0.4) is 0 Å². The molecule has 1 aromatic rings. The predicted molar refractivity (Wildman–Crippen MR) is 87.4 cm³/mol. The van der Waals surface area contributed by atoms with Crippen molar-refractivity contribution in [2.45, 2.75) is 39.2 Å². The van der Waals surface area contributed by atoms with Gasteiger partial charge in [0.25, 0.3) is 0 Å². The Morgan fingerprint density at radius 1 is 1.39 bits per heavy atom. The van der Waals surface area contributed by atoms with E-state index in [-0.39, 0.29) is 23.8 Å². The summed E-state index contributed by atoms with van der Waals surface area (Å²) < 4.78 is 0. The highest BCUT2D eigenvalue weighted by atomic mass is 16.2. The molecule has 4 atom stereocenters. The van der Waals surface area contributed by atoms with E-state index >= 15 is 0 Å². The van der Waals surface area contributed by atoms with Crippen LogP contribution in [0.4, 0.5) is 0 Å². The second-order valence-electron chi connectivity index (χ2n) is 6.94. The number of hydrogen-bond donors (Lipinski definition) is 1. The van der Waals surface area contributed by atoms with Crippen LogP contribution in [-0.2, 0) is 9.59 Å². The van der Waals surface area contributed by atoms with Crippen molar-refractivity contribution in [1.29, 1.82) is 0 Å². The van der Waals surface area contributed by atoms with Crippen molar-refractivity contribution in [2.24, 2.45) is 17.8 Å². The van der Waals surface area contributed by atoms with Gasteiger partial charge in [0, 0.05) is 38.0 Å². The third-order valence-electron chi connectivity index (χ3n) is 5.03. The molecule has 2 heterocycles. The first kappa shape index (κ1) is 16.0. The Morgan fingerprint density at radius 3 is 2.78 bits per heavy atom. The second-order valence-corrected chi connectivity index (χ2v) is 6.94. The summed E-state index contributed by atoms with van der Waals surface area (Å²) in [5.41, 5.74) is 0.877. The quantitative estimate of drug-likeness (QED) is 0.926. The molecular formula is C18H25N3O2. The minimum Gasteiger partial charge on any atom is -0.348 e. The van der Waals surface area contributed by atoms with Gasteiger partial charge in [-0.25, -0.2) is 0 Å². The first-order chi connectivity index (χ1) is 11.1. The lowest BCUT2D eigenvalue weighted by atomic mass is 9.88. The molecular weight excluding hydrogens is 290 g/mol. The monoisotopic (exact) mass is 315 g/mol. The summed E-state index contributed by atoms with van der Waals surface area (Å²) >= 11 is 0. The number of rotatable bonds is 4. The summed E-state index contributed by atoms with van der Waals surface area (Å²) in [6, 6.07) is 5.64. The second kappa shape index (κ2) is 6.69. The maximum Gasteiger partial charge on any atom is 0.225 e. The van der Waals surface area contributed by atoms with Gasteiger partial charge in [-0.15, -0.1) is 0 Å². The number of carbonyl (C=O) groups is 2. The van der Waals surface area contributed by atoms with E-state index in [0.29, 0.717) is 18.4 Å². The lowest BCUT2D eigenvalue weighted by molar-refractivity contribution is -0.135. The SMILES string of the molecule is CC(=O)N[C@H](c1ccccn1)[C@@H]1CCCN(C(=O)[C@@H]2C[C@@H]2C)C1. The van der Waals surface area contributed by atoms with Crippen LogP contribution in [0, 0.1) is 17.8 Å². The Balaban J connectivity index is 1.73. The van der Waals surface area contributed by atoms with E-state index in [1.54, 1.807) is 6.20 Å². The average molecular weight is 315 g/mol. The molecule has 1 aliphatic heterocycles. The molecule has 1 aromatic heterocycles. The van der Waals surface area contributed by atoms with Crippen molar-refractivity contribution in [1.82, 2.24) is 15.2 Å². The Labute approximate surface area is 137 Å². The summed E-state index contributed by atoms with van der Waals surface area (Å²) in [5.74, 6) is 1.22. The molecule has 5 heteroatoms. The van der Waals surface area contributed by atoms with Gasteiger partial charge >= 0.3 is 0 Å². The molecule has 23 heavy (non-hydrogen) atoms. The first-order valence-electron chi connectivity index (χ1n) is 8.53. The molecule has 1 N–H and O–H groups in total. The van der Waals surface area contributed by atoms with Gasteiger partial charge in [0.2, 0.25) is 11.8 Å². The lowest BCUT2D eigenvalue weighted by Crippen LogP contribution is -2.45. The third kappa shape index (κ3) is 3.71.